The molecule has 9 nitrogen and oxygen atoms in total. The molecule has 1 aromatic rings. The van der Waals surface area contributed by atoms with Crippen molar-refractivity contribution in [3.63, 3.8) is 0 Å². The van der Waals surface area contributed by atoms with E-state index in [0.29, 0.717) is 18.5 Å². The molecule has 0 aliphatic carbocycles. The van der Waals surface area contributed by atoms with Crippen molar-refractivity contribution < 1.29 is 28.7 Å². The van der Waals surface area contributed by atoms with Crippen LogP contribution in [0.1, 0.15) is 90.5 Å². The first-order valence-corrected chi connectivity index (χ1v) is 13.5. The summed E-state index contributed by atoms with van der Waals surface area (Å²) in [5, 5.41) is 5.55. The Hall–Kier alpha value is -3.10. The molecule has 214 valence electrons. The molecule has 0 saturated heterocycles. The van der Waals surface area contributed by atoms with E-state index < -0.39 is 35.7 Å². The maximum absolute atomic E-state index is 14.1. The summed E-state index contributed by atoms with van der Waals surface area (Å²) in [5.74, 6) is -1.43. The molecule has 2 unspecified atom stereocenters. The number of alkyl carbamates (subject to hydrolysis) is 1. The van der Waals surface area contributed by atoms with E-state index in [-0.39, 0.29) is 31.4 Å². The van der Waals surface area contributed by atoms with Crippen LogP contribution >= 0.6 is 0 Å². The first-order valence-electron chi connectivity index (χ1n) is 13.5. The fraction of sp³-hybridized carbons (Fsp3) is 0.655. The summed E-state index contributed by atoms with van der Waals surface area (Å²) >= 11 is 0. The third-order valence-electron chi connectivity index (χ3n) is 6.08. The molecule has 0 fully saturated rings. The number of ether oxygens (including phenoxy) is 2. The van der Waals surface area contributed by atoms with Crippen LogP contribution in [0.15, 0.2) is 18.2 Å². The van der Waals surface area contributed by atoms with E-state index in [1.165, 1.54) is 0 Å². The minimum atomic E-state index is -0.946. The number of hydrogen-bond donors (Lipinski definition) is 2. The molecule has 38 heavy (non-hydrogen) atoms. The number of aryl methyl sites for hydroxylation is 1. The van der Waals surface area contributed by atoms with Crippen molar-refractivity contribution in [2.45, 2.75) is 99.3 Å². The predicted octanol–water partition coefficient (Wildman–Crippen LogP) is 4.59. The SMILES string of the molecule is CCCCN(C(=O)C(NC(=O)OC(C)(C)C)C(C)C)C(C(=O)NCCC(=O)OCC)c1cccc(C)c1C. The molecule has 2 atom stereocenters. The Morgan fingerprint density at radius 3 is 2.26 bits per heavy atom. The minimum Gasteiger partial charge on any atom is -0.466 e. The number of nitrogens with zero attached hydrogens (tertiary/aromatic N) is 1. The molecule has 0 radical (unpaired) electrons. The second-order valence-corrected chi connectivity index (χ2v) is 10.8. The van der Waals surface area contributed by atoms with Gasteiger partial charge in [0, 0.05) is 13.1 Å². The molecule has 0 spiro atoms. The summed E-state index contributed by atoms with van der Waals surface area (Å²) in [7, 11) is 0. The van der Waals surface area contributed by atoms with Gasteiger partial charge in [0.2, 0.25) is 11.8 Å². The Labute approximate surface area is 228 Å². The molecular formula is C29H47N3O6. The summed E-state index contributed by atoms with van der Waals surface area (Å²) in [6, 6.07) is 3.81. The Kier molecular flexibility index (Phi) is 13.3. The van der Waals surface area contributed by atoms with E-state index in [2.05, 4.69) is 10.6 Å². The Balaban J connectivity index is 3.45. The number of esters is 1. The van der Waals surface area contributed by atoms with Gasteiger partial charge in [-0.15, -0.1) is 0 Å². The highest BCUT2D eigenvalue weighted by Gasteiger charge is 2.37. The quantitative estimate of drug-likeness (QED) is 0.359. The molecule has 0 heterocycles. The number of rotatable bonds is 13. The fourth-order valence-electron chi connectivity index (χ4n) is 3.96. The van der Waals surface area contributed by atoms with Gasteiger partial charge in [-0.2, -0.15) is 0 Å². The highest BCUT2D eigenvalue weighted by molar-refractivity contribution is 5.92. The van der Waals surface area contributed by atoms with Gasteiger partial charge in [0.15, 0.2) is 0 Å². The molecule has 3 amide bonds. The van der Waals surface area contributed by atoms with Gasteiger partial charge in [0.25, 0.3) is 0 Å². The van der Waals surface area contributed by atoms with Gasteiger partial charge >= 0.3 is 12.1 Å². The van der Waals surface area contributed by atoms with E-state index in [4.69, 9.17) is 9.47 Å². The van der Waals surface area contributed by atoms with Crippen LogP contribution < -0.4 is 10.6 Å². The van der Waals surface area contributed by atoms with E-state index in [9.17, 15) is 19.2 Å². The maximum atomic E-state index is 14.1. The average molecular weight is 534 g/mol. The topological polar surface area (TPSA) is 114 Å². The normalized spacial score (nSPS) is 12.9. The van der Waals surface area contributed by atoms with Crippen LogP contribution in [0.5, 0.6) is 0 Å². The lowest BCUT2D eigenvalue weighted by Crippen LogP contribution is -2.55. The van der Waals surface area contributed by atoms with Gasteiger partial charge in [-0.25, -0.2) is 4.79 Å². The van der Waals surface area contributed by atoms with Crippen molar-refractivity contribution in [2.24, 2.45) is 5.92 Å². The molecule has 0 aromatic heterocycles. The Morgan fingerprint density at radius 2 is 1.71 bits per heavy atom. The van der Waals surface area contributed by atoms with Crippen LogP contribution in [-0.4, -0.2) is 60.1 Å². The van der Waals surface area contributed by atoms with Gasteiger partial charge in [-0.1, -0.05) is 45.4 Å². The van der Waals surface area contributed by atoms with Crippen molar-refractivity contribution in [2.75, 3.05) is 19.7 Å². The molecule has 0 aliphatic heterocycles. The van der Waals surface area contributed by atoms with Crippen LogP contribution in [0.4, 0.5) is 4.79 Å². The molecule has 0 aliphatic rings. The number of amides is 3. The van der Waals surface area contributed by atoms with E-state index in [0.717, 1.165) is 17.5 Å². The monoisotopic (exact) mass is 533 g/mol. The van der Waals surface area contributed by atoms with Gasteiger partial charge in [-0.05, 0) is 70.6 Å². The molecular weight excluding hydrogens is 486 g/mol. The minimum absolute atomic E-state index is 0.0246. The first-order chi connectivity index (χ1) is 17.7. The summed E-state index contributed by atoms with van der Waals surface area (Å²) in [6.07, 6.45) is 0.804. The number of hydrogen-bond acceptors (Lipinski definition) is 6. The van der Waals surface area contributed by atoms with Gasteiger partial charge in [0.1, 0.15) is 17.7 Å². The molecule has 1 rings (SSSR count). The first kappa shape index (κ1) is 32.9. The van der Waals surface area contributed by atoms with Crippen LogP contribution in [-0.2, 0) is 23.9 Å². The lowest BCUT2D eigenvalue weighted by atomic mass is 9.93. The second-order valence-electron chi connectivity index (χ2n) is 10.8. The predicted molar refractivity (Wildman–Crippen MR) is 148 cm³/mol. The van der Waals surface area contributed by atoms with Gasteiger partial charge in [-0.3, -0.25) is 14.4 Å². The molecule has 9 heteroatoms. The highest BCUT2D eigenvalue weighted by atomic mass is 16.6. The number of carbonyl (C=O) groups excluding carboxylic acids is 4. The zero-order valence-corrected chi connectivity index (χ0v) is 24.6. The standard InChI is InChI=1S/C29H47N3O6/c1-10-12-18-32(27(35)24(19(3)4)31-28(36)38-29(7,8)9)25(22-15-13-14-20(5)21(22)6)26(34)30-17-16-23(33)37-11-2/h13-15,19,24-25H,10-12,16-18H2,1-9H3,(H,30,34)(H,31,36). The third kappa shape index (κ3) is 10.3. The van der Waals surface area contributed by atoms with Crippen molar-refractivity contribution >= 4 is 23.9 Å². The molecule has 1 aromatic carbocycles. The zero-order valence-electron chi connectivity index (χ0n) is 24.6. The maximum Gasteiger partial charge on any atom is 0.408 e. The smallest absolute Gasteiger partial charge is 0.408 e. The lowest BCUT2D eigenvalue weighted by molar-refractivity contribution is -0.144. The molecule has 0 bridgehead atoms. The summed E-state index contributed by atoms with van der Waals surface area (Å²) in [5.41, 5.74) is 1.86. The molecule has 0 saturated carbocycles. The van der Waals surface area contributed by atoms with Crippen LogP contribution in [0.2, 0.25) is 0 Å². The van der Waals surface area contributed by atoms with Crippen molar-refractivity contribution in [1.29, 1.82) is 0 Å². The van der Waals surface area contributed by atoms with Gasteiger partial charge in [0.05, 0.1) is 13.0 Å². The summed E-state index contributed by atoms with van der Waals surface area (Å²) in [6.45, 7) is 17.2. The number of benzene rings is 1. The van der Waals surface area contributed by atoms with E-state index in [1.807, 2.05) is 52.8 Å². The van der Waals surface area contributed by atoms with Crippen LogP contribution in [0.25, 0.3) is 0 Å². The highest BCUT2D eigenvalue weighted by Crippen LogP contribution is 2.28. The lowest BCUT2D eigenvalue weighted by Gasteiger charge is -2.36. The van der Waals surface area contributed by atoms with Crippen molar-refractivity contribution in [3.8, 4) is 0 Å². The number of unbranched alkanes of at least 4 members (excludes halogenated alkanes) is 1. The van der Waals surface area contributed by atoms with Crippen LogP contribution in [0, 0.1) is 19.8 Å². The average Bonchev–Trinajstić information content (AvgIpc) is 2.80. The number of nitrogens with one attached hydrogen (secondary N) is 2. The summed E-state index contributed by atoms with van der Waals surface area (Å²) in [4.78, 5) is 53.8. The van der Waals surface area contributed by atoms with E-state index >= 15 is 0 Å². The third-order valence-corrected chi connectivity index (χ3v) is 6.08. The Bertz CT molecular complexity index is 954. The second kappa shape index (κ2) is 15.3. The Morgan fingerprint density at radius 1 is 1.05 bits per heavy atom. The van der Waals surface area contributed by atoms with Crippen molar-refractivity contribution in [1.82, 2.24) is 15.5 Å². The van der Waals surface area contributed by atoms with E-state index in [1.54, 1.807) is 32.6 Å². The molecule has 2 N–H and O–H groups in total. The van der Waals surface area contributed by atoms with Crippen LogP contribution in [0.3, 0.4) is 0 Å². The zero-order chi connectivity index (χ0) is 29.0. The fourth-order valence-corrected chi connectivity index (χ4v) is 3.96. The van der Waals surface area contributed by atoms with Crippen molar-refractivity contribution in [3.05, 3.63) is 34.9 Å². The summed E-state index contributed by atoms with van der Waals surface area (Å²) < 4.78 is 10.4. The largest absolute Gasteiger partial charge is 0.466 e. The number of carbonyl (C=O) groups is 4. The van der Waals surface area contributed by atoms with Gasteiger partial charge < -0.3 is 25.0 Å².